The molecule has 0 saturated carbocycles. The van der Waals surface area contributed by atoms with E-state index in [0.29, 0.717) is 11.7 Å². The Kier molecular flexibility index (Phi) is 5.98. The molecule has 0 aromatic carbocycles. The van der Waals surface area contributed by atoms with Gasteiger partial charge in [0, 0.05) is 18.0 Å². The van der Waals surface area contributed by atoms with Gasteiger partial charge in [0.2, 0.25) is 10.0 Å². The number of hydrogen-bond acceptors (Lipinski definition) is 6. The SMILES string of the molecule is CCCNC(C)c1csc(NS(=O)(=O)CC2CCCO2)n1. The van der Waals surface area contributed by atoms with Gasteiger partial charge < -0.3 is 10.1 Å². The number of thiazole rings is 1. The van der Waals surface area contributed by atoms with Crippen molar-refractivity contribution >= 4 is 26.5 Å². The third-order valence-corrected chi connectivity index (χ3v) is 5.56. The van der Waals surface area contributed by atoms with Crippen LogP contribution in [0.5, 0.6) is 0 Å². The second kappa shape index (κ2) is 7.53. The fourth-order valence-corrected chi connectivity index (χ4v) is 4.56. The van der Waals surface area contributed by atoms with Crippen LogP contribution in [-0.4, -0.2) is 38.4 Å². The number of rotatable bonds is 8. The van der Waals surface area contributed by atoms with Crippen LogP contribution in [0, 0.1) is 0 Å². The standard InChI is InChI=1S/C13H23N3O3S2/c1-3-6-14-10(2)12-8-20-13(15-12)16-21(17,18)9-11-5-4-7-19-11/h8,10-11,14H,3-7,9H2,1-2H3,(H,15,16). The van der Waals surface area contributed by atoms with E-state index in [4.69, 9.17) is 4.74 Å². The van der Waals surface area contributed by atoms with Gasteiger partial charge in [-0.25, -0.2) is 13.4 Å². The maximum Gasteiger partial charge on any atom is 0.237 e. The number of ether oxygens (including phenoxy) is 1. The van der Waals surface area contributed by atoms with Crippen molar-refractivity contribution in [3.63, 3.8) is 0 Å². The summed E-state index contributed by atoms with van der Waals surface area (Å²) in [5.41, 5.74) is 0.864. The molecule has 8 heteroatoms. The summed E-state index contributed by atoms with van der Waals surface area (Å²) < 4.78 is 32.1. The first kappa shape index (κ1) is 16.7. The number of nitrogens with one attached hydrogen (secondary N) is 2. The van der Waals surface area contributed by atoms with Crippen LogP contribution < -0.4 is 10.0 Å². The number of sulfonamides is 1. The molecule has 120 valence electrons. The van der Waals surface area contributed by atoms with Gasteiger partial charge in [0.15, 0.2) is 5.13 Å². The summed E-state index contributed by atoms with van der Waals surface area (Å²) in [5.74, 6) is 0.00551. The predicted octanol–water partition coefficient (Wildman–Crippen LogP) is 2.12. The van der Waals surface area contributed by atoms with Gasteiger partial charge >= 0.3 is 0 Å². The van der Waals surface area contributed by atoms with E-state index >= 15 is 0 Å². The Balaban J connectivity index is 1.91. The van der Waals surface area contributed by atoms with Crippen molar-refractivity contribution in [3.05, 3.63) is 11.1 Å². The van der Waals surface area contributed by atoms with E-state index in [0.717, 1.165) is 31.5 Å². The molecule has 1 fully saturated rings. The zero-order valence-electron chi connectivity index (χ0n) is 12.5. The first-order chi connectivity index (χ1) is 10.00. The lowest BCUT2D eigenvalue weighted by Crippen LogP contribution is -2.25. The maximum absolute atomic E-state index is 12.1. The van der Waals surface area contributed by atoms with Crippen LogP contribution in [0.1, 0.15) is 44.8 Å². The third kappa shape index (κ3) is 5.21. The van der Waals surface area contributed by atoms with Gasteiger partial charge in [-0.2, -0.15) is 0 Å². The minimum absolute atomic E-state index is 0.00551. The van der Waals surface area contributed by atoms with Crippen molar-refractivity contribution in [2.45, 2.75) is 45.3 Å². The van der Waals surface area contributed by atoms with Gasteiger partial charge in [0.05, 0.1) is 17.6 Å². The van der Waals surface area contributed by atoms with E-state index in [2.05, 4.69) is 21.9 Å². The summed E-state index contributed by atoms with van der Waals surface area (Å²) in [6, 6.07) is 0.123. The average Bonchev–Trinajstić information content (AvgIpc) is 3.06. The van der Waals surface area contributed by atoms with Gasteiger partial charge in [0.25, 0.3) is 0 Å². The topological polar surface area (TPSA) is 80.3 Å². The molecular weight excluding hydrogens is 310 g/mol. The van der Waals surface area contributed by atoms with Crippen LogP contribution in [0.3, 0.4) is 0 Å². The van der Waals surface area contributed by atoms with E-state index in [9.17, 15) is 8.42 Å². The Hall–Kier alpha value is -0.700. The van der Waals surface area contributed by atoms with Crippen molar-refractivity contribution in [3.8, 4) is 0 Å². The van der Waals surface area contributed by atoms with Crippen molar-refractivity contribution in [2.24, 2.45) is 0 Å². The summed E-state index contributed by atoms with van der Waals surface area (Å²) in [6.45, 7) is 5.70. The summed E-state index contributed by atoms with van der Waals surface area (Å²) >= 11 is 1.31. The average molecular weight is 333 g/mol. The fraction of sp³-hybridized carbons (Fsp3) is 0.769. The molecule has 2 unspecified atom stereocenters. The largest absolute Gasteiger partial charge is 0.377 e. The molecule has 21 heavy (non-hydrogen) atoms. The molecule has 1 aliphatic rings. The number of nitrogens with zero attached hydrogens (tertiary/aromatic N) is 1. The van der Waals surface area contributed by atoms with Gasteiger partial charge in [-0.05, 0) is 32.7 Å². The summed E-state index contributed by atoms with van der Waals surface area (Å²) in [6.07, 6.45) is 2.60. The van der Waals surface area contributed by atoms with E-state index in [1.165, 1.54) is 11.3 Å². The quantitative estimate of drug-likeness (QED) is 0.762. The maximum atomic E-state index is 12.1. The molecule has 1 aliphatic heterocycles. The van der Waals surface area contributed by atoms with E-state index in [-0.39, 0.29) is 17.9 Å². The molecule has 0 amide bonds. The zero-order valence-corrected chi connectivity index (χ0v) is 14.1. The third-order valence-electron chi connectivity index (χ3n) is 3.34. The highest BCUT2D eigenvalue weighted by atomic mass is 32.2. The molecule has 6 nitrogen and oxygen atoms in total. The summed E-state index contributed by atoms with van der Waals surface area (Å²) in [4.78, 5) is 4.35. The van der Waals surface area contributed by atoms with Gasteiger partial charge in [-0.1, -0.05) is 6.92 Å². The molecule has 2 rings (SSSR count). The second-order valence-corrected chi connectivity index (χ2v) is 7.90. The normalized spacial score (nSPS) is 20.6. The Labute approximate surface area is 130 Å². The molecule has 0 spiro atoms. The molecule has 2 atom stereocenters. The highest BCUT2D eigenvalue weighted by Gasteiger charge is 2.24. The summed E-state index contributed by atoms with van der Waals surface area (Å²) in [5, 5.41) is 5.64. The fourth-order valence-electron chi connectivity index (χ4n) is 2.19. The zero-order chi connectivity index (χ0) is 15.3. The number of hydrogen-bond donors (Lipinski definition) is 2. The number of anilines is 1. The Bertz CT molecular complexity index is 539. The smallest absolute Gasteiger partial charge is 0.237 e. The Morgan fingerprint density at radius 2 is 2.38 bits per heavy atom. The molecular formula is C13H23N3O3S2. The summed E-state index contributed by atoms with van der Waals surface area (Å²) in [7, 11) is -3.39. The van der Waals surface area contributed by atoms with Crippen molar-refractivity contribution < 1.29 is 13.2 Å². The monoisotopic (exact) mass is 333 g/mol. The van der Waals surface area contributed by atoms with Gasteiger partial charge in [0.1, 0.15) is 0 Å². The highest BCUT2D eigenvalue weighted by molar-refractivity contribution is 7.92. The van der Waals surface area contributed by atoms with Crippen LogP contribution in [0.4, 0.5) is 5.13 Å². The van der Waals surface area contributed by atoms with Gasteiger partial charge in [-0.3, -0.25) is 4.72 Å². The lowest BCUT2D eigenvalue weighted by atomic mass is 10.2. The molecule has 1 aromatic heterocycles. The molecule has 0 bridgehead atoms. The molecule has 2 N–H and O–H groups in total. The predicted molar refractivity (Wildman–Crippen MR) is 85.2 cm³/mol. The van der Waals surface area contributed by atoms with Crippen LogP contribution in [0.2, 0.25) is 0 Å². The molecule has 0 aliphatic carbocycles. The minimum atomic E-state index is -3.39. The van der Waals surface area contributed by atoms with E-state index < -0.39 is 10.0 Å². The minimum Gasteiger partial charge on any atom is -0.377 e. The van der Waals surface area contributed by atoms with Crippen LogP contribution in [0.25, 0.3) is 0 Å². The van der Waals surface area contributed by atoms with E-state index in [1.54, 1.807) is 0 Å². The molecule has 1 saturated heterocycles. The molecule has 1 aromatic rings. The first-order valence-corrected chi connectivity index (χ1v) is 9.84. The van der Waals surface area contributed by atoms with Crippen molar-refractivity contribution in [1.29, 1.82) is 0 Å². The Morgan fingerprint density at radius 1 is 1.57 bits per heavy atom. The van der Waals surface area contributed by atoms with Crippen LogP contribution in [-0.2, 0) is 14.8 Å². The first-order valence-electron chi connectivity index (χ1n) is 7.31. The van der Waals surface area contributed by atoms with Crippen LogP contribution in [0.15, 0.2) is 5.38 Å². The van der Waals surface area contributed by atoms with Crippen molar-refractivity contribution in [2.75, 3.05) is 23.6 Å². The lowest BCUT2D eigenvalue weighted by Gasteiger charge is -2.11. The Morgan fingerprint density at radius 3 is 3.05 bits per heavy atom. The van der Waals surface area contributed by atoms with E-state index in [1.807, 2.05) is 12.3 Å². The van der Waals surface area contributed by atoms with Crippen LogP contribution >= 0.6 is 11.3 Å². The molecule has 2 heterocycles. The number of aromatic nitrogens is 1. The second-order valence-electron chi connectivity index (χ2n) is 5.27. The highest BCUT2D eigenvalue weighted by Crippen LogP contribution is 2.22. The van der Waals surface area contributed by atoms with Crippen molar-refractivity contribution in [1.82, 2.24) is 10.3 Å². The lowest BCUT2D eigenvalue weighted by molar-refractivity contribution is 0.127. The van der Waals surface area contributed by atoms with Gasteiger partial charge in [-0.15, -0.1) is 11.3 Å². The molecule has 0 radical (unpaired) electrons.